The number of amides is 1. The van der Waals surface area contributed by atoms with Gasteiger partial charge in [0.15, 0.2) is 9.41 Å². The summed E-state index contributed by atoms with van der Waals surface area (Å²) in [6, 6.07) is 19.9. The number of carboxylic acids is 1. The molecule has 0 bridgehead atoms. The van der Waals surface area contributed by atoms with Gasteiger partial charge in [0.25, 0.3) is 5.91 Å². The van der Waals surface area contributed by atoms with Crippen LogP contribution in [0.3, 0.4) is 0 Å². The van der Waals surface area contributed by atoms with E-state index in [1.165, 1.54) is 22.6 Å². The van der Waals surface area contributed by atoms with Crippen molar-refractivity contribution in [2.75, 3.05) is 4.90 Å². The minimum Gasteiger partial charge on any atom is -0.478 e. The molecule has 3 aromatic rings. The van der Waals surface area contributed by atoms with Crippen molar-refractivity contribution in [2.45, 2.75) is 10.8 Å². The number of anilines is 1. The van der Waals surface area contributed by atoms with Crippen molar-refractivity contribution in [1.82, 2.24) is 0 Å². The predicted octanol–water partition coefficient (Wildman–Crippen LogP) is 5.68. The van der Waals surface area contributed by atoms with Gasteiger partial charge in [-0.05, 0) is 35.9 Å². The third kappa shape index (κ3) is 4.51. The lowest BCUT2D eigenvalue weighted by Crippen LogP contribution is -2.27. The van der Waals surface area contributed by atoms with Gasteiger partial charge < -0.3 is 9.52 Å². The number of carbonyl (C=O) groups excluding carboxylic acids is 1. The van der Waals surface area contributed by atoms with E-state index in [1.54, 1.807) is 30.0 Å². The molecule has 1 aromatic heterocycles. The summed E-state index contributed by atoms with van der Waals surface area (Å²) in [6.07, 6.45) is 1.66. The Kier molecular flexibility index (Phi) is 6.08. The molecule has 30 heavy (non-hydrogen) atoms. The summed E-state index contributed by atoms with van der Waals surface area (Å²) in [5.74, 6) is -0.0164. The minimum absolute atomic E-state index is 0.0941. The van der Waals surface area contributed by atoms with Crippen molar-refractivity contribution < 1.29 is 19.1 Å². The first-order valence-electron chi connectivity index (χ1n) is 8.89. The number of carboxylic acid groups (broad SMARTS) is 1. The van der Waals surface area contributed by atoms with E-state index in [4.69, 9.17) is 16.6 Å². The second kappa shape index (κ2) is 8.91. The molecule has 1 fully saturated rings. The Morgan fingerprint density at radius 2 is 1.93 bits per heavy atom. The SMILES string of the molecule is O=C(O)c1cccc(N2C(=O)C(=Cc3ccc(SCc4ccccc4)o3)SC2=S)c1. The number of hydrogen-bond acceptors (Lipinski definition) is 6. The standard InChI is InChI=1S/C22H15NO4S3/c24-20-18(30-22(28)23(20)16-8-4-7-15(11-16)21(25)26)12-17-9-10-19(27-17)29-13-14-5-2-1-3-6-14/h1-12H,13H2,(H,25,26). The molecule has 1 N–H and O–H groups in total. The molecule has 5 nitrogen and oxygen atoms in total. The monoisotopic (exact) mass is 453 g/mol. The molecule has 1 aliphatic heterocycles. The fourth-order valence-corrected chi connectivity index (χ4v) is 4.92. The lowest BCUT2D eigenvalue weighted by Gasteiger charge is -2.14. The second-order valence-corrected chi connectivity index (χ2v) is 8.96. The van der Waals surface area contributed by atoms with Crippen molar-refractivity contribution in [3.05, 3.63) is 88.5 Å². The van der Waals surface area contributed by atoms with Crippen molar-refractivity contribution in [3.63, 3.8) is 0 Å². The van der Waals surface area contributed by atoms with Crippen LogP contribution in [-0.2, 0) is 10.5 Å². The van der Waals surface area contributed by atoms with E-state index < -0.39 is 5.97 Å². The third-order valence-electron chi connectivity index (χ3n) is 4.24. The van der Waals surface area contributed by atoms with Gasteiger partial charge in [0.05, 0.1) is 16.2 Å². The largest absolute Gasteiger partial charge is 0.478 e. The fourth-order valence-electron chi connectivity index (χ4n) is 2.82. The summed E-state index contributed by atoms with van der Waals surface area (Å²) in [4.78, 5) is 25.9. The van der Waals surface area contributed by atoms with Gasteiger partial charge in [-0.2, -0.15) is 0 Å². The summed E-state index contributed by atoms with van der Waals surface area (Å²) in [5.41, 5.74) is 1.72. The van der Waals surface area contributed by atoms with Crippen molar-refractivity contribution in [3.8, 4) is 0 Å². The van der Waals surface area contributed by atoms with Gasteiger partial charge in [-0.3, -0.25) is 9.69 Å². The molecule has 1 aliphatic rings. The van der Waals surface area contributed by atoms with E-state index in [-0.39, 0.29) is 11.5 Å². The van der Waals surface area contributed by atoms with E-state index >= 15 is 0 Å². The number of hydrogen-bond donors (Lipinski definition) is 1. The second-order valence-electron chi connectivity index (χ2n) is 6.30. The first-order valence-corrected chi connectivity index (χ1v) is 11.1. The van der Waals surface area contributed by atoms with Gasteiger partial charge in [0.2, 0.25) is 0 Å². The van der Waals surface area contributed by atoms with Crippen LogP contribution in [-0.4, -0.2) is 21.3 Å². The molecule has 2 heterocycles. The van der Waals surface area contributed by atoms with E-state index in [9.17, 15) is 14.7 Å². The quantitative estimate of drug-likeness (QED) is 0.293. The predicted molar refractivity (Wildman–Crippen MR) is 124 cm³/mol. The van der Waals surface area contributed by atoms with Gasteiger partial charge in [-0.15, -0.1) is 0 Å². The first kappa shape index (κ1) is 20.5. The normalized spacial score (nSPS) is 15.2. The highest BCUT2D eigenvalue weighted by Gasteiger charge is 2.33. The lowest BCUT2D eigenvalue weighted by atomic mass is 10.2. The van der Waals surface area contributed by atoms with Gasteiger partial charge in [-0.25, -0.2) is 4.79 Å². The molecule has 0 aliphatic carbocycles. The van der Waals surface area contributed by atoms with E-state index in [0.717, 1.165) is 22.6 Å². The van der Waals surface area contributed by atoms with E-state index in [2.05, 4.69) is 12.1 Å². The molecule has 0 radical (unpaired) electrons. The maximum Gasteiger partial charge on any atom is 0.335 e. The number of benzene rings is 2. The average Bonchev–Trinajstić information content (AvgIpc) is 3.31. The molecule has 1 saturated heterocycles. The molecule has 1 amide bonds. The molecule has 4 rings (SSSR count). The maximum atomic E-state index is 12.9. The number of thiocarbonyl (C=S) groups is 1. The van der Waals surface area contributed by atoms with Crippen LogP contribution in [0, 0.1) is 0 Å². The molecule has 0 unspecified atom stereocenters. The lowest BCUT2D eigenvalue weighted by molar-refractivity contribution is -0.113. The maximum absolute atomic E-state index is 12.9. The number of aromatic carboxylic acids is 1. The van der Waals surface area contributed by atoms with Crippen LogP contribution in [0.1, 0.15) is 21.7 Å². The fraction of sp³-hybridized carbons (Fsp3) is 0.0455. The highest BCUT2D eigenvalue weighted by molar-refractivity contribution is 8.27. The zero-order valence-electron chi connectivity index (χ0n) is 15.5. The number of carbonyl (C=O) groups is 2. The Balaban J connectivity index is 1.49. The Morgan fingerprint density at radius 3 is 2.70 bits per heavy atom. The van der Waals surface area contributed by atoms with Gasteiger partial charge in [0, 0.05) is 11.8 Å². The Labute approximate surface area is 186 Å². The summed E-state index contributed by atoms with van der Waals surface area (Å²) in [5, 5.41) is 9.94. The van der Waals surface area contributed by atoms with Gasteiger partial charge in [-0.1, -0.05) is 72.1 Å². The van der Waals surface area contributed by atoms with Crippen molar-refractivity contribution in [1.29, 1.82) is 0 Å². The number of nitrogens with zero attached hydrogens (tertiary/aromatic N) is 1. The zero-order valence-corrected chi connectivity index (χ0v) is 17.9. The highest BCUT2D eigenvalue weighted by Crippen LogP contribution is 2.37. The topological polar surface area (TPSA) is 70.8 Å². The summed E-state index contributed by atoms with van der Waals surface area (Å²) < 4.78 is 6.17. The Morgan fingerprint density at radius 1 is 1.13 bits per heavy atom. The smallest absolute Gasteiger partial charge is 0.335 e. The van der Waals surface area contributed by atoms with Crippen LogP contribution in [0.15, 0.2) is 81.1 Å². The number of furan rings is 1. The molecule has 150 valence electrons. The van der Waals surface area contributed by atoms with Crippen LogP contribution in [0.2, 0.25) is 0 Å². The molecule has 0 spiro atoms. The molecular weight excluding hydrogens is 438 g/mol. The van der Waals surface area contributed by atoms with Gasteiger partial charge >= 0.3 is 5.97 Å². The van der Waals surface area contributed by atoms with Crippen molar-refractivity contribution >= 4 is 63.7 Å². The van der Waals surface area contributed by atoms with Crippen LogP contribution in [0.5, 0.6) is 0 Å². The summed E-state index contributed by atoms with van der Waals surface area (Å²) in [6.45, 7) is 0. The summed E-state index contributed by atoms with van der Waals surface area (Å²) >= 11 is 8.08. The molecule has 0 saturated carbocycles. The number of thioether (sulfide) groups is 2. The van der Waals surface area contributed by atoms with Crippen LogP contribution < -0.4 is 4.90 Å². The molecular formula is C22H15NO4S3. The van der Waals surface area contributed by atoms with E-state index in [0.29, 0.717) is 20.7 Å². The van der Waals surface area contributed by atoms with Crippen LogP contribution in [0.25, 0.3) is 6.08 Å². The average molecular weight is 454 g/mol. The molecule has 8 heteroatoms. The summed E-state index contributed by atoms with van der Waals surface area (Å²) in [7, 11) is 0. The highest BCUT2D eigenvalue weighted by atomic mass is 32.2. The minimum atomic E-state index is -1.06. The third-order valence-corrected chi connectivity index (χ3v) is 6.53. The zero-order chi connectivity index (χ0) is 21.1. The Bertz CT molecular complexity index is 1150. The first-order chi connectivity index (χ1) is 14.5. The molecule has 2 aromatic carbocycles. The van der Waals surface area contributed by atoms with Crippen molar-refractivity contribution in [2.24, 2.45) is 0 Å². The van der Waals surface area contributed by atoms with Crippen LogP contribution >= 0.6 is 35.7 Å². The van der Waals surface area contributed by atoms with Crippen LogP contribution in [0.4, 0.5) is 5.69 Å². The van der Waals surface area contributed by atoms with E-state index in [1.807, 2.05) is 30.3 Å². The molecule has 0 atom stereocenters. The van der Waals surface area contributed by atoms with Gasteiger partial charge in [0.1, 0.15) is 5.76 Å². The Hall–Kier alpha value is -2.81. The number of rotatable bonds is 6.